The number of imidazole rings is 1. The molecule has 0 unspecified atom stereocenters. The molecule has 4 rings (SSSR count). The minimum atomic E-state index is -3.92. The number of rotatable bonds is 5. The molecule has 3 heterocycles. The van der Waals surface area contributed by atoms with E-state index >= 15 is 0 Å². The fourth-order valence-electron chi connectivity index (χ4n) is 2.82. The lowest BCUT2D eigenvalue weighted by Crippen LogP contribution is -2.15. The monoisotopic (exact) mass is 388 g/mol. The van der Waals surface area contributed by atoms with Crippen LogP contribution in [0.25, 0.3) is 16.9 Å². The molecule has 12 heteroatoms. The molecule has 1 aromatic carbocycles. The fraction of sp³-hybridized carbons (Fsp3) is 0.200. The highest BCUT2D eigenvalue weighted by molar-refractivity contribution is 7.92. The normalized spacial score (nSPS) is 11.9. The number of aryl methyl sites for hydroxylation is 1. The van der Waals surface area contributed by atoms with Crippen molar-refractivity contribution < 1.29 is 8.42 Å². The molecule has 0 bridgehead atoms. The van der Waals surface area contributed by atoms with Gasteiger partial charge in [0, 0.05) is 6.54 Å². The van der Waals surface area contributed by atoms with Crippen LogP contribution in [0.1, 0.15) is 12.6 Å². The number of hydrogen-bond donors (Lipinski definition) is 3. The number of aromatic amines is 2. The Morgan fingerprint density at radius 1 is 1.15 bits per heavy atom. The van der Waals surface area contributed by atoms with Crippen LogP contribution in [-0.4, -0.2) is 42.9 Å². The highest BCUT2D eigenvalue weighted by Gasteiger charge is 2.23. The van der Waals surface area contributed by atoms with E-state index in [4.69, 9.17) is 0 Å². The Labute approximate surface area is 153 Å². The quantitative estimate of drug-likeness (QED) is 0.460. The van der Waals surface area contributed by atoms with Gasteiger partial charge in [-0.1, -0.05) is 0 Å². The molecule has 0 spiro atoms. The Hall–Kier alpha value is -3.41. The van der Waals surface area contributed by atoms with Crippen LogP contribution in [0.2, 0.25) is 0 Å². The second-order valence-corrected chi connectivity index (χ2v) is 7.54. The van der Waals surface area contributed by atoms with Crippen LogP contribution in [0.5, 0.6) is 0 Å². The number of aromatic nitrogens is 7. The first kappa shape index (κ1) is 17.0. The summed E-state index contributed by atoms with van der Waals surface area (Å²) in [5.41, 5.74) is 1.52. The lowest BCUT2D eigenvalue weighted by molar-refractivity contribution is 0.601. The Morgan fingerprint density at radius 2 is 1.85 bits per heavy atom. The van der Waals surface area contributed by atoms with Crippen LogP contribution in [0.4, 0.5) is 5.69 Å². The summed E-state index contributed by atoms with van der Waals surface area (Å²) < 4.78 is 31.7. The van der Waals surface area contributed by atoms with Crippen LogP contribution >= 0.6 is 0 Å². The van der Waals surface area contributed by atoms with Gasteiger partial charge in [-0.2, -0.15) is 5.10 Å². The van der Waals surface area contributed by atoms with E-state index in [1.54, 1.807) is 11.6 Å². The number of H-pyrrole nitrogens is 2. The molecular formula is C15H16N8O3S. The number of sulfonamides is 1. The number of nitrogens with zero attached hydrogens (tertiary/aromatic N) is 5. The fourth-order valence-corrected chi connectivity index (χ4v) is 3.97. The van der Waals surface area contributed by atoms with E-state index in [1.807, 2.05) is 6.92 Å². The van der Waals surface area contributed by atoms with Gasteiger partial charge in [-0.25, -0.2) is 13.2 Å². The predicted molar refractivity (Wildman–Crippen MR) is 97.3 cm³/mol. The first-order chi connectivity index (χ1) is 12.9. The first-order valence-electron chi connectivity index (χ1n) is 8.06. The molecule has 11 nitrogen and oxygen atoms in total. The molecule has 0 amide bonds. The molecule has 0 aliphatic rings. The van der Waals surface area contributed by atoms with Crippen molar-refractivity contribution in [3.05, 3.63) is 47.0 Å². The Bertz CT molecular complexity index is 1280. The third-order valence-corrected chi connectivity index (χ3v) is 5.53. The second kappa shape index (κ2) is 6.09. The highest BCUT2D eigenvalue weighted by atomic mass is 32.2. The van der Waals surface area contributed by atoms with E-state index in [-0.39, 0.29) is 4.90 Å². The number of fused-ring (bicyclic) bond motifs is 1. The standard InChI is InChI=1S/C15H16N8O3S/c1-3-23-9(2)13(14(20-23)22-7-16-17-8-22)21-27(25,26)10-4-5-11-12(6-10)19-15(24)18-11/h4-8,21H,3H2,1-2H3,(H2,18,19,24). The first-order valence-corrected chi connectivity index (χ1v) is 9.54. The third kappa shape index (κ3) is 2.89. The van der Waals surface area contributed by atoms with Crippen molar-refractivity contribution in [3.8, 4) is 5.82 Å². The van der Waals surface area contributed by atoms with Gasteiger partial charge >= 0.3 is 5.69 Å². The molecule has 0 aliphatic heterocycles. The molecule has 27 heavy (non-hydrogen) atoms. The average Bonchev–Trinajstić information content (AvgIpc) is 3.33. The van der Waals surface area contributed by atoms with E-state index in [0.29, 0.717) is 34.8 Å². The summed E-state index contributed by atoms with van der Waals surface area (Å²) >= 11 is 0. The zero-order valence-electron chi connectivity index (χ0n) is 14.5. The molecule has 3 aromatic heterocycles. The van der Waals surface area contributed by atoms with E-state index in [1.165, 1.54) is 35.4 Å². The molecular weight excluding hydrogens is 372 g/mol. The molecule has 0 atom stereocenters. The van der Waals surface area contributed by atoms with Gasteiger partial charge in [-0.15, -0.1) is 10.2 Å². The minimum Gasteiger partial charge on any atom is -0.306 e. The summed E-state index contributed by atoms with van der Waals surface area (Å²) in [6, 6.07) is 4.35. The van der Waals surface area contributed by atoms with Crippen molar-refractivity contribution in [2.45, 2.75) is 25.3 Å². The Balaban J connectivity index is 1.80. The lowest BCUT2D eigenvalue weighted by Gasteiger charge is -2.09. The van der Waals surface area contributed by atoms with Crippen LogP contribution in [-0.2, 0) is 16.6 Å². The maximum Gasteiger partial charge on any atom is 0.323 e. The van der Waals surface area contributed by atoms with Gasteiger partial charge in [-0.05, 0) is 32.0 Å². The largest absolute Gasteiger partial charge is 0.323 e. The van der Waals surface area contributed by atoms with E-state index in [9.17, 15) is 13.2 Å². The number of benzene rings is 1. The maximum atomic E-state index is 12.9. The number of anilines is 1. The van der Waals surface area contributed by atoms with Crippen LogP contribution < -0.4 is 10.4 Å². The van der Waals surface area contributed by atoms with Gasteiger partial charge in [0.25, 0.3) is 10.0 Å². The summed E-state index contributed by atoms with van der Waals surface area (Å²) in [7, 11) is -3.92. The average molecular weight is 388 g/mol. The van der Waals surface area contributed by atoms with Crippen molar-refractivity contribution in [2.75, 3.05) is 4.72 Å². The highest BCUT2D eigenvalue weighted by Crippen LogP contribution is 2.27. The molecule has 0 aliphatic carbocycles. The van der Waals surface area contributed by atoms with Gasteiger partial charge in [0.15, 0.2) is 5.82 Å². The summed E-state index contributed by atoms with van der Waals surface area (Å²) in [5.74, 6) is 0.374. The van der Waals surface area contributed by atoms with Crippen molar-refractivity contribution >= 4 is 26.7 Å². The minimum absolute atomic E-state index is 0.0172. The van der Waals surface area contributed by atoms with E-state index in [2.05, 4.69) is 30.0 Å². The van der Waals surface area contributed by atoms with Crippen molar-refractivity contribution in [1.29, 1.82) is 0 Å². The third-order valence-electron chi connectivity index (χ3n) is 4.19. The lowest BCUT2D eigenvalue weighted by atomic mass is 10.3. The molecule has 0 saturated carbocycles. The molecule has 0 fully saturated rings. The van der Waals surface area contributed by atoms with Gasteiger partial charge in [-0.3, -0.25) is 14.0 Å². The zero-order chi connectivity index (χ0) is 19.2. The van der Waals surface area contributed by atoms with Crippen molar-refractivity contribution in [2.24, 2.45) is 0 Å². The van der Waals surface area contributed by atoms with Crippen LogP contribution in [0, 0.1) is 6.92 Å². The van der Waals surface area contributed by atoms with E-state index in [0.717, 1.165) is 0 Å². The van der Waals surface area contributed by atoms with Gasteiger partial charge in [0.2, 0.25) is 0 Å². The van der Waals surface area contributed by atoms with Crippen LogP contribution in [0.15, 0.2) is 40.5 Å². The van der Waals surface area contributed by atoms with Gasteiger partial charge in [0.1, 0.15) is 18.3 Å². The predicted octanol–water partition coefficient (Wildman–Crippen LogP) is 0.763. The summed E-state index contributed by atoms with van der Waals surface area (Å²) in [4.78, 5) is 16.5. The molecule has 0 saturated heterocycles. The number of nitrogens with one attached hydrogen (secondary N) is 3. The smallest absolute Gasteiger partial charge is 0.306 e. The molecule has 3 N–H and O–H groups in total. The van der Waals surface area contributed by atoms with E-state index < -0.39 is 15.7 Å². The molecule has 140 valence electrons. The van der Waals surface area contributed by atoms with Gasteiger partial charge in [0.05, 0.1) is 21.6 Å². The SMILES string of the molecule is CCn1nc(-n2cnnc2)c(NS(=O)(=O)c2ccc3[nH]c(=O)[nH]c3c2)c1C. The maximum absolute atomic E-state index is 12.9. The zero-order valence-corrected chi connectivity index (χ0v) is 15.3. The molecule has 4 aromatic rings. The Kier molecular flexibility index (Phi) is 3.84. The summed E-state index contributed by atoms with van der Waals surface area (Å²) in [6.07, 6.45) is 2.88. The van der Waals surface area contributed by atoms with Gasteiger partial charge < -0.3 is 9.97 Å². The summed E-state index contributed by atoms with van der Waals surface area (Å²) in [5, 5.41) is 11.9. The number of hydrogen-bond acceptors (Lipinski definition) is 6. The molecule has 0 radical (unpaired) electrons. The topological polar surface area (TPSA) is 143 Å². The second-order valence-electron chi connectivity index (χ2n) is 5.86. The van der Waals surface area contributed by atoms with Crippen molar-refractivity contribution in [1.82, 2.24) is 34.5 Å². The van der Waals surface area contributed by atoms with Crippen LogP contribution in [0.3, 0.4) is 0 Å². The summed E-state index contributed by atoms with van der Waals surface area (Å²) in [6.45, 7) is 4.25. The van der Waals surface area contributed by atoms with Crippen molar-refractivity contribution in [3.63, 3.8) is 0 Å². The Morgan fingerprint density at radius 3 is 2.56 bits per heavy atom.